The highest BCUT2D eigenvalue weighted by atomic mass is 35.5. The fraction of sp³-hybridized carbons (Fsp3) is 0.650. The monoisotopic (exact) mass is 383 g/mol. The average molecular weight is 384 g/mol. The van der Waals surface area contributed by atoms with E-state index in [-0.39, 0.29) is 24.1 Å². The van der Waals surface area contributed by atoms with Gasteiger partial charge >= 0.3 is 0 Å². The van der Waals surface area contributed by atoms with Crippen molar-refractivity contribution in [3.8, 4) is 0 Å². The number of rotatable bonds is 7. The maximum atomic E-state index is 13.9. The van der Waals surface area contributed by atoms with Crippen molar-refractivity contribution in [2.24, 2.45) is 0 Å². The van der Waals surface area contributed by atoms with Gasteiger partial charge in [-0.15, -0.1) is 12.4 Å². The van der Waals surface area contributed by atoms with Crippen molar-refractivity contribution in [3.05, 3.63) is 35.6 Å². The smallest absolute Gasteiger partial charge is 0.223 e. The maximum absolute atomic E-state index is 13.9. The summed E-state index contributed by atoms with van der Waals surface area (Å²) in [6.45, 7) is 5.05. The molecule has 1 aromatic carbocycles. The summed E-state index contributed by atoms with van der Waals surface area (Å²) in [5, 5.41) is 3.28. The fourth-order valence-electron chi connectivity index (χ4n) is 4.02. The Labute approximate surface area is 162 Å². The summed E-state index contributed by atoms with van der Waals surface area (Å²) in [4.78, 5) is 16.9. The lowest BCUT2D eigenvalue weighted by Crippen LogP contribution is -2.47. The highest BCUT2D eigenvalue weighted by Crippen LogP contribution is 2.24. The molecular formula is C20H31ClFN3O. The van der Waals surface area contributed by atoms with Crippen LogP contribution in [0.1, 0.15) is 37.7 Å². The Balaban J connectivity index is 0.00000243. The summed E-state index contributed by atoms with van der Waals surface area (Å²) >= 11 is 0. The maximum Gasteiger partial charge on any atom is 0.223 e. The average Bonchev–Trinajstić information content (AvgIpc) is 3.18. The molecule has 0 spiro atoms. The van der Waals surface area contributed by atoms with Gasteiger partial charge < -0.3 is 10.2 Å². The molecule has 1 saturated carbocycles. The normalized spacial score (nSPS) is 18.2. The van der Waals surface area contributed by atoms with Crippen LogP contribution in [0.2, 0.25) is 0 Å². The molecule has 2 aliphatic rings. The SMILES string of the molecule is Cl.O=C(CCN(CCc1ccccc1F)C1CCCC1)N1CCNCC1. The Morgan fingerprint density at radius 2 is 1.85 bits per heavy atom. The van der Waals surface area contributed by atoms with Gasteiger partial charge in [0.1, 0.15) is 5.82 Å². The zero-order valence-electron chi connectivity index (χ0n) is 15.5. The first-order valence-electron chi connectivity index (χ1n) is 9.70. The minimum absolute atomic E-state index is 0. The molecule has 1 heterocycles. The van der Waals surface area contributed by atoms with Crippen molar-refractivity contribution in [2.45, 2.75) is 44.6 Å². The highest BCUT2D eigenvalue weighted by Gasteiger charge is 2.24. The molecule has 1 amide bonds. The molecule has 4 nitrogen and oxygen atoms in total. The van der Waals surface area contributed by atoms with E-state index in [2.05, 4.69) is 10.2 Å². The summed E-state index contributed by atoms with van der Waals surface area (Å²) in [6, 6.07) is 7.59. The molecule has 1 aliphatic heterocycles. The van der Waals surface area contributed by atoms with E-state index in [4.69, 9.17) is 0 Å². The second kappa shape index (κ2) is 10.9. The summed E-state index contributed by atoms with van der Waals surface area (Å²) in [5.41, 5.74) is 0.777. The Morgan fingerprint density at radius 3 is 2.54 bits per heavy atom. The van der Waals surface area contributed by atoms with Gasteiger partial charge in [0.15, 0.2) is 0 Å². The Hall–Kier alpha value is -1.17. The van der Waals surface area contributed by atoms with Gasteiger partial charge in [0.25, 0.3) is 0 Å². The number of halogens is 2. The number of carbonyl (C=O) groups is 1. The number of benzene rings is 1. The van der Waals surface area contributed by atoms with Crippen LogP contribution in [0.4, 0.5) is 4.39 Å². The van der Waals surface area contributed by atoms with E-state index in [1.54, 1.807) is 6.07 Å². The molecule has 0 radical (unpaired) electrons. The molecule has 0 aromatic heterocycles. The topological polar surface area (TPSA) is 35.6 Å². The zero-order chi connectivity index (χ0) is 17.5. The molecule has 1 saturated heterocycles. The summed E-state index contributed by atoms with van der Waals surface area (Å²) in [7, 11) is 0. The van der Waals surface area contributed by atoms with Gasteiger partial charge in [0, 0.05) is 51.7 Å². The molecule has 1 N–H and O–H groups in total. The number of piperazine rings is 1. The Bertz CT molecular complexity index is 560. The number of carbonyl (C=O) groups excluding carboxylic acids is 1. The van der Waals surface area contributed by atoms with Crippen LogP contribution in [0.15, 0.2) is 24.3 Å². The lowest BCUT2D eigenvalue weighted by atomic mass is 10.1. The number of hydrogen-bond acceptors (Lipinski definition) is 3. The second-order valence-corrected chi connectivity index (χ2v) is 7.20. The molecule has 2 fully saturated rings. The van der Waals surface area contributed by atoms with E-state index in [0.717, 1.165) is 44.8 Å². The number of nitrogens with one attached hydrogen (secondary N) is 1. The molecule has 146 valence electrons. The van der Waals surface area contributed by atoms with Crippen molar-refractivity contribution in [2.75, 3.05) is 39.3 Å². The molecular weight excluding hydrogens is 353 g/mol. The van der Waals surface area contributed by atoms with E-state index in [1.165, 1.54) is 31.7 Å². The van der Waals surface area contributed by atoms with E-state index in [9.17, 15) is 9.18 Å². The van der Waals surface area contributed by atoms with Crippen molar-refractivity contribution in [3.63, 3.8) is 0 Å². The molecule has 1 aliphatic carbocycles. The van der Waals surface area contributed by atoms with Gasteiger partial charge in [-0.3, -0.25) is 9.69 Å². The molecule has 1 aromatic rings. The third-order valence-corrected chi connectivity index (χ3v) is 5.55. The van der Waals surface area contributed by atoms with Gasteiger partial charge in [0.2, 0.25) is 5.91 Å². The van der Waals surface area contributed by atoms with Crippen LogP contribution in [-0.4, -0.2) is 61.0 Å². The molecule has 0 unspecified atom stereocenters. The van der Waals surface area contributed by atoms with Crippen LogP contribution in [0, 0.1) is 5.82 Å². The third-order valence-electron chi connectivity index (χ3n) is 5.55. The van der Waals surface area contributed by atoms with Crippen LogP contribution in [0.5, 0.6) is 0 Å². The first-order valence-corrected chi connectivity index (χ1v) is 9.70. The first kappa shape index (κ1) is 21.1. The van der Waals surface area contributed by atoms with Crippen molar-refractivity contribution < 1.29 is 9.18 Å². The fourth-order valence-corrected chi connectivity index (χ4v) is 4.02. The van der Waals surface area contributed by atoms with E-state index in [1.807, 2.05) is 17.0 Å². The summed E-state index contributed by atoms with van der Waals surface area (Å²) in [6.07, 6.45) is 6.25. The molecule has 26 heavy (non-hydrogen) atoms. The lowest BCUT2D eigenvalue weighted by Gasteiger charge is -2.31. The van der Waals surface area contributed by atoms with E-state index < -0.39 is 0 Å². The summed E-state index contributed by atoms with van der Waals surface area (Å²) < 4.78 is 13.9. The van der Waals surface area contributed by atoms with E-state index >= 15 is 0 Å². The Morgan fingerprint density at radius 1 is 1.15 bits per heavy atom. The van der Waals surface area contributed by atoms with Crippen molar-refractivity contribution in [1.29, 1.82) is 0 Å². The number of amides is 1. The summed E-state index contributed by atoms with van der Waals surface area (Å²) in [5.74, 6) is 0.140. The minimum atomic E-state index is -0.120. The van der Waals surface area contributed by atoms with Crippen molar-refractivity contribution >= 4 is 18.3 Å². The van der Waals surface area contributed by atoms with Crippen LogP contribution in [0.25, 0.3) is 0 Å². The largest absolute Gasteiger partial charge is 0.340 e. The van der Waals surface area contributed by atoms with Gasteiger partial charge in [-0.2, -0.15) is 0 Å². The number of nitrogens with zero attached hydrogens (tertiary/aromatic N) is 2. The molecule has 0 atom stereocenters. The predicted molar refractivity (Wildman–Crippen MR) is 105 cm³/mol. The van der Waals surface area contributed by atoms with E-state index in [0.29, 0.717) is 18.9 Å². The third kappa shape index (κ3) is 5.93. The zero-order valence-corrected chi connectivity index (χ0v) is 16.3. The van der Waals surface area contributed by atoms with Gasteiger partial charge in [-0.05, 0) is 30.9 Å². The standard InChI is InChI=1S/C20H30FN3O.ClH/c21-19-8-4-1-5-17(19)9-13-23(18-6-2-3-7-18)14-10-20(25)24-15-11-22-12-16-24;/h1,4-5,8,18,22H,2-3,6-7,9-16H2;1H. The molecule has 0 bridgehead atoms. The first-order chi connectivity index (χ1) is 12.2. The van der Waals surface area contributed by atoms with Crippen LogP contribution in [-0.2, 0) is 11.2 Å². The quantitative estimate of drug-likeness (QED) is 0.786. The molecule has 3 rings (SSSR count). The van der Waals surface area contributed by atoms with Gasteiger partial charge in [0.05, 0.1) is 0 Å². The second-order valence-electron chi connectivity index (χ2n) is 7.20. The highest BCUT2D eigenvalue weighted by molar-refractivity contribution is 5.85. The van der Waals surface area contributed by atoms with Crippen molar-refractivity contribution in [1.82, 2.24) is 15.1 Å². The minimum Gasteiger partial charge on any atom is -0.340 e. The molecule has 6 heteroatoms. The lowest BCUT2D eigenvalue weighted by molar-refractivity contribution is -0.132. The van der Waals surface area contributed by atoms with Gasteiger partial charge in [-0.25, -0.2) is 4.39 Å². The van der Waals surface area contributed by atoms with Gasteiger partial charge in [-0.1, -0.05) is 31.0 Å². The Kier molecular flexibility index (Phi) is 8.82. The predicted octanol–water partition coefficient (Wildman–Crippen LogP) is 2.86. The van der Waals surface area contributed by atoms with Crippen LogP contribution in [0.3, 0.4) is 0 Å². The van der Waals surface area contributed by atoms with Crippen LogP contribution >= 0.6 is 12.4 Å². The number of hydrogen-bond donors (Lipinski definition) is 1. The van der Waals surface area contributed by atoms with Crippen LogP contribution < -0.4 is 5.32 Å².